The van der Waals surface area contributed by atoms with Crippen LogP contribution >= 0.6 is 0 Å². The summed E-state index contributed by atoms with van der Waals surface area (Å²) in [5.74, 6) is 0.0125. The zero-order valence-electron chi connectivity index (χ0n) is 17.3. The molecule has 2 aromatic rings. The SMILES string of the molecule is O=C(N[C@H](c1cccnc1)C1CCOCC1)c1ccc(S(=O)(=O)N2CCOCC2)cc1. The predicted molar refractivity (Wildman–Crippen MR) is 114 cm³/mol. The van der Waals surface area contributed by atoms with Gasteiger partial charge in [0.15, 0.2) is 0 Å². The maximum absolute atomic E-state index is 13.0. The molecule has 166 valence electrons. The number of ether oxygens (including phenoxy) is 2. The third-order valence-corrected chi connectivity index (χ3v) is 7.70. The van der Waals surface area contributed by atoms with Crippen molar-refractivity contribution in [2.75, 3.05) is 39.5 Å². The van der Waals surface area contributed by atoms with Gasteiger partial charge in [0.25, 0.3) is 5.91 Å². The van der Waals surface area contributed by atoms with Gasteiger partial charge in [-0.25, -0.2) is 8.42 Å². The molecule has 4 rings (SSSR count). The minimum atomic E-state index is -3.59. The Bertz CT molecular complexity index is 970. The fourth-order valence-corrected chi connectivity index (χ4v) is 5.43. The molecule has 0 aliphatic carbocycles. The highest BCUT2D eigenvalue weighted by molar-refractivity contribution is 7.89. The van der Waals surface area contributed by atoms with Crippen molar-refractivity contribution < 1.29 is 22.7 Å². The molecule has 0 saturated carbocycles. The maximum Gasteiger partial charge on any atom is 0.251 e. The number of sulfonamides is 1. The number of rotatable bonds is 6. The lowest BCUT2D eigenvalue weighted by Gasteiger charge is -2.31. The molecule has 31 heavy (non-hydrogen) atoms. The van der Waals surface area contributed by atoms with Crippen LogP contribution in [0.15, 0.2) is 53.7 Å². The normalized spacial score (nSPS) is 19.6. The lowest BCUT2D eigenvalue weighted by molar-refractivity contribution is 0.0513. The number of carbonyl (C=O) groups is 1. The number of amides is 1. The Kier molecular flexibility index (Phi) is 6.96. The fourth-order valence-electron chi connectivity index (χ4n) is 4.02. The van der Waals surface area contributed by atoms with Crippen molar-refractivity contribution in [1.29, 1.82) is 0 Å². The maximum atomic E-state index is 13.0. The summed E-state index contributed by atoms with van der Waals surface area (Å²) in [7, 11) is -3.59. The van der Waals surface area contributed by atoms with Gasteiger partial charge in [-0.05, 0) is 54.7 Å². The molecule has 0 unspecified atom stereocenters. The van der Waals surface area contributed by atoms with E-state index >= 15 is 0 Å². The highest BCUT2D eigenvalue weighted by Crippen LogP contribution is 2.30. The summed E-state index contributed by atoms with van der Waals surface area (Å²) in [6, 6.07) is 9.76. The molecule has 2 fully saturated rings. The molecule has 3 heterocycles. The first-order chi connectivity index (χ1) is 15.1. The van der Waals surface area contributed by atoms with Crippen LogP contribution in [0, 0.1) is 5.92 Å². The van der Waals surface area contributed by atoms with Crippen LogP contribution in [0.2, 0.25) is 0 Å². The van der Waals surface area contributed by atoms with E-state index in [0.717, 1.165) is 18.4 Å². The minimum absolute atomic E-state index is 0.179. The van der Waals surface area contributed by atoms with Crippen LogP contribution in [0.25, 0.3) is 0 Å². The van der Waals surface area contributed by atoms with Gasteiger partial charge in [-0.1, -0.05) is 6.07 Å². The van der Waals surface area contributed by atoms with Gasteiger partial charge < -0.3 is 14.8 Å². The molecule has 1 aromatic heterocycles. The fraction of sp³-hybridized carbons (Fsp3) is 0.455. The predicted octanol–water partition coefficient (Wildman–Crippen LogP) is 2.00. The van der Waals surface area contributed by atoms with E-state index in [1.54, 1.807) is 24.5 Å². The van der Waals surface area contributed by atoms with Crippen molar-refractivity contribution in [2.45, 2.75) is 23.8 Å². The van der Waals surface area contributed by atoms with Gasteiger partial charge in [0.05, 0.1) is 24.2 Å². The molecule has 1 N–H and O–H groups in total. The number of morpholine rings is 1. The Balaban J connectivity index is 1.50. The van der Waals surface area contributed by atoms with E-state index in [1.807, 2.05) is 12.1 Å². The highest BCUT2D eigenvalue weighted by atomic mass is 32.2. The van der Waals surface area contributed by atoms with Crippen molar-refractivity contribution in [1.82, 2.24) is 14.6 Å². The molecule has 0 bridgehead atoms. The summed E-state index contributed by atoms with van der Waals surface area (Å²) >= 11 is 0. The van der Waals surface area contributed by atoms with Gasteiger partial charge in [-0.15, -0.1) is 0 Å². The van der Waals surface area contributed by atoms with Gasteiger partial charge in [0.1, 0.15) is 0 Å². The van der Waals surface area contributed by atoms with Crippen LogP contribution in [-0.4, -0.2) is 63.1 Å². The summed E-state index contributed by atoms with van der Waals surface area (Å²) in [5, 5.41) is 3.13. The number of hydrogen-bond acceptors (Lipinski definition) is 6. The molecule has 9 heteroatoms. The first-order valence-electron chi connectivity index (χ1n) is 10.5. The van der Waals surface area contributed by atoms with Gasteiger partial charge in [0, 0.05) is 44.3 Å². The van der Waals surface area contributed by atoms with Crippen LogP contribution in [0.5, 0.6) is 0 Å². The number of nitrogens with one attached hydrogen (secondary N) is 1. The molecule has 1 aromatic carbocycles. The van der Waals surface area contributed by atoms with Crippen molar-refractivity contribution in [3.05, 3.63) is 59.9 Å². The van der Waals surface area contributed by atoms with Gasteiger partial charge in [0.2, 0.25) is 10.0 Å². The Morgan fingerprint density at radius 3 is 2.35 bits per heavy atom. The van der Waals surface area contributed by atoms with E-state index in [2.05, 4.69) is 10.3 Å². The highest BCUT2D eigenvalue weighted by Gasteiger charge is 2.29. The molecule has 0 spiro atoms. The molecular formula is C22H27N3O5S. The first-order valence-corrected chi connectivity index (χ1v) is 12.0. The smallest absolute Gasteiger partial charge is 0.251 e. The number of benzene rings is 1. The van der Waals surface area contributed by atoms with Crippen molar-refractivity contribution in [3.8, 4) is 0 Å². The van der Waals surface area contributed by atoms with E-state index in [9.17, 15) is 13.2 Å². The minimum Gasteiger partial charge on any atom is -0.381 e. The second-order valence-corrected chi connectivity index (χ2v) is 9.67. The lowest BCUT2D eigenvalue weighted by Crippen LogP contribution is -2.40. The van der Waals surface area contributed by atoms with E-state index in [1.165, 1.54) is 16.4 Å². The van der Waals surface area contributed by atoms with Gasteiger partial charge in [-0.2, -0.15) is 4.31 Å². The van der Waals surface area contributed by atoms with Crippen LogP contribution in [0.4, 0.5) is 0 Å². The summed E-state index contributed by atoms with van der Waals surface area (Å²) < 4.78 is 37.7. The summed E-state index contributed by atoms with van der Waals surface area (Å²) in [5.41, 5.74) is 1.37. The largest absolute Gasteiger partial charge is 0.381 e. The average Bonchev–Trinajstić information content (AvgIpc) is 2.84. The Hall–Kier alpha value is -2.33. The van der Waals surface area contributed by atoms with Crippen LogP contribution in [0.3, 0.4) is 0 Å². The molecule has 1 atom stereocenters. The third kappa shape index (κ3) is 5.12. The number of hydrogen-bond donors (Lipinski definition) is 1. The topological polar surface area (TPSA) is 97.8 Å². The van der Waals surface area contributed by atoms with Gasteiger partial charge >= 0.3 is 0 Å². The summed E-state index contributed by atoms with van der Waals surface area (Å²) in [4.78, 5) is 17.4. The molecule has 2 aliphatic rings. The second kappa shape index (κ2) is 9.86. The number of carbonyl (C=O) groups excluding carboxylic acids is 1. The van der Waals surface area contributed by atoms with Crippen molar-refractivity contribution in [2.24, 2.45) is 5.92 Å². The lowest BCUT2D eigenvalue weighted by atomic mass is 9.87. The molecule has 2 aliphatic heterocycles. The molecule has 2 saturated heterocycles. The van der Waals surface area contributed by atoms with Gasteiger partial charge in [-0.3, -0.25) is 9.78 Å². The van der Waals surface area contributed by atoms with Crippen LogP contribution in [-0.2, 0) is 19.5 Å². The molecule has 1 amide bonds. The Morgan fingerprint density at radius 1 is 1.03 bits per heavy atom. The first kappa shape index (κ1) is 21.9. The second-order valence-electron chi connectivity index (χ2n) is 7.73. The molecule has 8 nitrogen and oxygen atoms in total. The molecule has 0 radical (unpaired) electrons. The van der Waals surface area contributed by atoms with E-state index in [-0.39, 0.29) is 22.8 Å². The summed E-state index contributed by atoms with van der Waals surface area (Å²) in [6.07, 6.45) is 5.20. The summed E-state index contributed by atoms with van der Waals surface area (Å²) in [6.45, 7) is 2.80. The number of aromatic nitrogens is 1. The zero-order valence-corrected chi connectivity index (χ0v) is 18.1. The van der Waals surface area contributed by atoms with E-state index in [0.29, 0.717) is 45.1 Å². The quantitative estimate of drug-likeness (QED) is 0.730. The standard InChI is InChI=1S/C22H27N3O5S/c26-22(24-21(17-7-12-29-13-8-17)19-2-1-9-23-16-19)18-3-5-20(6-4-18)31(27,28)25-10-14-30-15-11-25/h1-6,9,16-17,21H,7-8,10-15H2,(H,24,26)/t21-/m0/s1. The zero-order chi connectivity index (χ0) is 21.7. The number of pyridine rings is 1. The van der Waals surface area contributed by atoms with E-state index < -0.39 is 10.0 Å². The van der Waals surface area contributed by atoms with Crippen LogP contribution in [0.1, 0.15) is 34.8 Å². The Morgan fingerprint density at radius 2 is 1.71 bits per heavy atom. The van der Waals surface area contributed by atoms with Crippen molar-refractivity contribution in [3.63, 3.8) is 0 Å². The monoisotopic (exact) mass is 445 g/mol. The van der Waals surface area contributed by atoms with Crippen molar-refractivity contribution >= 4 is 15.9 Å². The molecular weight excluding hydrogens is 418 g/mol. The van der Waals surface area contributed by atoms with E-state index in [4.69, 9.17) is 9.47 Å². The third-order valence-electron chi connectivity index (χ3n) is 5.79. The van der Waals surface area contributed by atoms with Crippen LogP contribution < -0.4 is 5.32 Å². The average molecular weight is 446 g/mol. The Labute approximate surface area is 182 Å². The number of nitrogens with zero attached hydrogens (tertiary/aromatic N) is 2.